The number of benzene rings is 1. The van der Waals surface area contributed by atoms with Gasteiger partial charge in [0.2, 0.25) is 0 Å². The molecule has 1 aromatic carbocycles. The number of nitrogens with zero attached hydrogens (tertiary/aromatic N) is 3. The van der Waals surface area contributed by atoms with E-state index in [1.165, 1.54) is 0 Å². The van der Waals surface area contributed by atoms with Crippen LogP contribution < -0.4 is 10.3 Å². The van der Waals surface area contributed by atoms with Crippen LogP contribution in [0.4, 0.5) is 5.69 Å². The van der Waals surface area contributed by atoms with Gasteiger partial charge in [-0.1, -0.05) is 6.92 Å². The van der Waals surface area contributed by atoms with Crippen LogP contribution in [-0.2, 0) is 0 Å². The summed E-state index contributed by atoms with van der Waals surface area (Å²) in [6.45, 7) is 7.37. The average Bonchev–Trinajstić information content (AvgIpc) is 2.68. The predicted octanol–water partition coefficient (Wildman–Crippen LogP) is 3.00. The summed E-state index contributed by atoms with van der Waals surface area (Å²) < 4.78 is 5.94. The molecule has 0 radical (unpaired) electrons. The Kier molecular flexibility index (Phi) is 4.24. The van der Waals surface area contributed by atoms with Crippen molar-refractivity contribution in [3.05, 3.63) is 59.0 Å². The quantitative estimate of drug-likeness (QED) is 0.736. The second-order valence-electron chi connectivity index (χ2n) is 6.32. The Morgan fingerprint density at radius 2 is 1.96 bits per heavy atom. The van der Waals surface area contributed by atoms with Gasteiger partial charge in [-0.15, -0.1) is 0 Å². The lowest BCUT2D eigenvalue weighted by Gasteiger charge is -2.35. The molecular weight excluding hydrogens is 314 g/mol. The van der Waals surface area contributed by atoms with Crippen molar-refractivity contribution in [2.75, 3.05) is 37.6 Å². The lowest BCUT2D eigenvalue weighted by atomic mass is 10.1. The van der Waals surface area contributed by atoms with Crippen molar-refractivity contribution in [2.24, 2.45) is 0 Å². The summed E-state index contributed by atoms with van der Waals surface area (Å²) in [6.07, 6.45) is 3.40. The Morgan fingerprint density at radius 1 is 1.12 bits per heavy atom. The normalized spacial score (nSPS) is 15.6. The summed E-state index contributed by atoms with van der Waals surface area (Å²) in [7, 11) is 0. The molecule has 0 spiro atoms. The standard InChI is InChI=1S/C20H21N3O2/c1-2-22-8-10-23(11-9-22)16-5-6-19-17(12-16)18(24)13-20(25-19)15-4-3-7-21-14-15/h3-7,12-14H,2,8-11H2,1H3. The average molecular weight is 335 g/mol. The third-order valence-electron chi connectivity index (χ3n) is 4.84. The molecule has 1 fully saturated rings. The molecule has 25 heavy (non-hydrogen) atoms. The highest BCUT2D eigenvalue weighted by atomic mass is 16.3. The highest BCUT2D eigenvalue weighted by molar-refractivity contribution is 5.82. The summed E-state index contributed by atoms with van der Waals surface area (Å²) >= 11 is 0. The minimum absolute atomic E-state index is 0.0193. The molecule has 3 aromatic rings. The zero-order valence-electron chi connectivity index (χ0n) is 14.3. The number of piperazine rings is 1. The molecule has 0 bridgehead atoms. The molecule has 0 atom stereocenters. The van der Waals surface area contributed by atoms with Gasteiger partial charge in [0.25, 0.3) is 0 Å². The number of fused-ring (bicyclic) bond motifs is 1. The van der Waals surface area contributed by atoms with Crippen LogP contribution in [-0.4, -0.2) is 42.6 Å². The molecule has 0 N–H and O–H groups in total. The fraction of sp³-hybridized carbons (Fsp3) is 0.300. The van der Waals surface area contributed by atoms with E-state index in [2.05, 4.69) is 21.7 Å². The van der Waals surface area contributed by atoms with Crippen molar-refractivity contribution < 1.29 is 4.42 Å². The Labute approximate surface area is 146 Å². The largest absolute Gasteiger partial charge is 0.456 e. The number of likely N-dealkylation sites (N-methyl/N-ethyl adjacent to an activating group) is 1. The van der Waals surface area contributed by atoms with E-state index in [0.717, 1.165) is 44.0 Å². The van der Waals surface area contributed by atoms with E-state index in [4.69, 9.17) is 4.42 Å². The first-order valence-electron chi connectivity index (χ1n) is 8.70. The van der Waals surface area contributed by atoms with E-state index in [1.807, 2.05) is 30.3 Å². The maximum atomic E-state index is 12.6. The minimum atomic E-state index is -0.0193. The molecule has 0 saturated carbocycles. The van der Waals surface area contributed by atoms with Crippen LogP contribution in [0, 0.1) is 0 Å². The fourth-order valence-electron chi connectivity index (χ4n) is 3.31. The van der Waals surface area contributed by atoms with Crippen molar-refractivity contribution in [1.29, 1.82) is 0 Å². The van der Waals surface area contributed by atoms with Crippen molar-refractivity contribution in [3.8, 4) is 11.3 Å². The molecule has 0 amide bonds. The van der Waals surface area contributed by atoms with Gasteiger partial charge in [0.15, 0.2) is 5.43 Å². The van der Waals surface area contributed by atoms with Gasteiger partial charge in [0.1, 0.15) is 11.3 Å². The molecular formula is C20H21N3O2. The van der Waals surface area contributed by atoms with Gasteiger partial charge in [-0.2, -0.15) is 0 Å². The van der Waals surface area contributed by atoms with Gasteiger partial charge >= 0.3 is 0 Å². The van der Waals surface area contributed by atoms with E-state index < -0.39 is 0 Å². The summed E-state index contributed by atoms with van der Waals surface area (Å²) in [6, 6.07) is 11.2. The van der Waals surface area contributed by atoms with Crippen molar-refractivity contribution in [3.63, 3.8) is 0 Å². The van der Waals surface area contributed by atoms with E-state index in [9.17, 15) is 4.79 Å². The molecule has 5 heteroatoms. The maximum absolute atomic E-state index is 12.6. The molecule has 5 nitrogen and oxygen atoms in total. The first-order chi connectivity index (χ1) is 12.2. The third kappa shape index (κ3) is 3.15. The Bertz CT molecular complexity index is 929. The Morgan fingerprint density at radius 3 is 2.68 bits per heavy atom. The summed E-state index contributed by atoms with van der Waals surface area (Å²) in [4.78, 5) is 21.5. The summed E-state index contributed by atoms with van der Waals surface area (Å²) in [5.41, 5.74) is 2.49. The van der Waals surface area contributed by atoms with Crippen LogP contribution >= 0.6 is 0 Å². The fourth-order valence-corrected chi connectivity index (χ4v) is 3.31. The predicted molar refractivity (Wildman–Crippen MR) is 100 cm³/mol. The number of hydrogen-bond donors (Lipinski definition) is 0. The van der Waals surface area contributed by atoms with Crippen LogP contribution in [0.1, 0.15) is 6.92 Å². The van der Waals surface area contributed by atoms with Crippen LogP contribution in [0.5, 0.6) is 0 Å². The van der Waals surface area contributed by atoms with Crippen LogP contribution in [0.25, 0.3) is 22.3 Å². The van der Waals surface area contributed by atoms with Gasteiger partial charge in [-0.05, 0) is 36.9 Å². The lowest BCUT2D eigenvalue weighted by molar-refractivity contribution is 0.271. The van der Waals surface area contributed by atoms with E-state index in [0.29, 0.717) is 16.7 Å². The highest BCUT2D eigenvalue weighted by Gasteiger charge is 2.17. The van der Waals surface area contributed by atoms with Crippen molar-refractivity contribution in [1.82, 2.24) is 9.88 Å². The zero-order valence-corrected chi connectivity index (χ0v) is 14.3. The van der Waals surface area contributed by atoms with Crippen LogP contribution in [0.3, 0.4) is 0 Å². The third-order valence-corrected chi connectivity index (χ3v) is 4.84. The molecule has 3 heterocycles. The smallest absolute Gasteiger partial charge is 0.193 e. The van der Waals surface area contributed by atoms with Gasteiger partial charge in [-0.25, -0.2) is 0 Å². The first-order valence-corrected chi connectivity index (χ1v) is 8.70. The molecule has 4 rings (SSSR count). The topological polar surface area (TPSA) is 49.6 Å². The highest BCUT2D eigenvalue weighted by Crippen LogP contribution is 2.25. The Hall–Kier alpha value is -2.66. The summed E-state index contributed by atoms with van der Waals surface area (Å²) in [5.74, 6) is 0.551. The molecule has 1 aliphatic heterocycles. The Balaban J connectivity index is 1.68. The lowest BCUT2D eigenvalue weighted by Crippen LogP contribution is -2.46. The molecule has 0 unspecified atom stereocenters. The van der Waals surface area contributed by atoms with E-state index in [-0.39, 0.29) is 5.43 Å². The van der Waals surface area contributed by atoms with Crippen LogP contribution in [0.15, 0.2) is 58.0 Å². The summed E-state index contributed by atoms with van der Waals surface area (Å²) in [5, 5.41) is 0.628. The number of aromatic nitrogens is 1. The van der Waals surface area contributed by atoms with Crippen molar-refractivity contribution >= 4 is 16.7 Å². The second-order valence-corrected chi connectivity index (χ2v) is 6.32. The zero-order chi connectivity index (χ0) is 17.2. The number of pyridine rings is 1. The molecule has 0 aliphatic carbocycles. The molecule has 128 valence electrons. The second kappa shape index (κ2) is 6.69. The van der Waals surface area contributed by atoms with Gasteiger partial charge in [-0.3, -0.25) is 9.78 Å². The van der Waals surface area contributed by atoms with Crippen molar-refractivity contribution in [2.45, 2.75) is 6.92 Å². The molecule has 2 aromatic heterocycles. The van der Waals surface area contributed by atoms with Gasteiger partial charge in [0.05, 0.1) is 5.39 Å². The van der Waals surface area contributed by atoms with E-state index >= 15 is 0 Å². The van der Waals surface area contributed by atoms with Gasteiger partial charge in [0, 0.05) is 55.9 Å². The number of rotatable bonds is 3. The van der Waals surface area contributed by atoms with Gasteiger partial charge < -0.3 is 14.2 Å². The molecule has 1 saturated heterocycles. The minimum Gasteiger partial charge on any atom is -0.456 e. The monoisotopic (exact) mass is 335 g/mol. The molecule has 1 aliphatic rings. The SMILES string of the molecule is CCN1CCN(c2ccc3oc(-c4cccnc4)cc(=O)c3c2)CC1. The first kappa shape index (κ1) is 15.8. The number of hydrogen-bond acceptors (Lipinski definition) is 5. The van der Waals surface area contributed by atoms with Crippen LogP contribution in [0.2, 0.25) is 0 Å². The number of anilines is 1. The maximum Gasteiger partial charge on any atom is 0.193 e. The van der Waals surface area contributed by atoms with E-state index in [1.54, 1.807) is 18.5 Å².